The zero-order chi connectivity index (χ0) is 19.5. The Bertz CT molecular complexity index is 678. The first-order valence-electron chi connectivity index (χ1n) is 8.09. The van der Waals surface area contributed by atoms with Gasteiger partial charge in [-0.15, -0.1) is 0 Å². The van der Waals surface area contributed by atoms with Crippen LogP contribution in [-0.4, -0.2) is 54.9 Å². The van der Waals surface area contributed by atoms with Crippen LogP contribution in [0.4, 0.5) is 18.0 Å². The van der Waals surface area contributed by atoms with Crippen LogP contribution in [0.5, 0.6) is 5.75 Å². The molecule has 6 nitrogen and oxygen atoms in total. The van der Waals surface area contributed by atoms with Crippen molar-refractivity contribution < 1.29 is 32.6 Å². The van der Waals surface area contributed by atoms with Gasteiger partial charge in [0, 0.05) is 19.6 Å². The van der Waals surface area contributed by atoms with E-state index in [0.717, 1.165) is 16.0 Å². The molecule has 0 saturated carbocycles. The van der Waals surface area contributed by atoms with Crippen LogP contribution in [0, 0.1) is 18.8 Å². The predicted octanol–water partition coefficient (Wildman–Crippen LogP) is 2.45. The number of likely N-dealkylation sites (tertiary alicyclic amines) is 1. The summed E-state index contributed by atoms with van der Waals surface area (Å²) in [6.07, 6.45) is -4.22. The van der Waals surface area contributed by atoms with Gasteiger partial charge in [0.25, 0.3) is 0 Å². The molecule has 0 unspecified atom stereocenters. The van der Waals surface area contributed by atoms with Gasteiger partial charge in [0.15, 0.2) is 0 Å². The van der Waals surface area contributed by atoms with Gasteiger partial charge in [-0.1, -0.05) is 17.7 Å². The van der Waals surface area contributed by atoms with Gasteiger partial charge in [0.05, 0.1) is 18.9 Å². The fourth-order valence-corrected chi connectivity index (χ4v) is 3.07. The first kappa shape index (κ1) is 19.9. The summed E-state index contributed by atoms with van der Waals surface area (Å²) in [4.78, 5) is 24.1. The number of halogens is 3. The number of urea groups is 1. The smallest absolute Gasteiger partial charge is 0.394 e. The van der Waals surface area contributed by atoms with Crippen LogP contribution in [0.3, 0.4) is 0 Å². The summed E-state index contributed by atoms with van der Waals surface area (Å²) in [6, 6.07) is 4.89. The third-order valence-electron chi connectivity index (χ3n) is 4.45. The SMILES string of the molecule is COc1ccc(C)cc1CCNC(=O)N1C[C@@H](C(F)(F)F)[C@H](C(=O)O)C1. The maximum atomic E-state index is 13.0. The Kier molecular flexibility index (Phi) is 5.99. The number of amides is 2. The van der Waals surface area contributed by atoms with E-state index in [0.29, 0.717) is 12.2 Å². The number of alkyl halides is 3. The Balaban J connectivity index is 1.94. The topological polar surface area (TPSA) is 78.9 Å². The molecule has 9 heteroatoms. The molecule has 0 aliphatic carbocycles. The third-order valence-corrected chi connectivity index (χ3v) is 4.45. The number of hydrogen-bond acceptors (Lipinski definition) is 3. The molecule has 144 valence electrons. The number of aryl methyl sites for hydroxylation is 1. The van der Waals surface area contributed by atoms with Gasteiger partial charge < -0.3 is 20.1 Å². The zero-order valence-electron chi connectivity index (χ0n) is 14.5. The van der Waals surface area contributed by atoms with Crippen molar-refractivity contribution in [3.05, 3.63) is 29.3 Å². The van der Waals surface area contributed by atoms with E-state index in [9.17, 15) is 22.8 Å². The molecule has 1 fully saturated rings. The summed E-state index contributed by atoms with van der Waals surface area (Å²) in [5, 5.41) is 11.5. The normalized spacial score (nSPS) is 20.1. The summed E-state index contributed by atoms with van der Waals surface area (Å²) in [7, 11) is 1.53. The van der Waals surface area contributed by atoms with Gasteiger partial charge in [0.2, 0.25) is 0 Å². The Labute approximate surface area is 148 Å². The summed E-state index contributed by atoms with van der Waals surface area (Å²) in [5.41, 5.74) is 1.88. The monoisotopic (exact) mass is 374 g/mol. The Morgan fingerprint density at radius 3 is 2.58 bits per heavy atom. The molecular formula is C17H21F3N2O4. The van der Waals surface area contributed by atoms with Crippen molar-refractivity contribution in [2.45, 2.75) is 19.5 Å². The molecule has 1 aliphatic rings. The maximum Gasteiger partial charge on any atom is 0.394 e. The highest BCUT2D eigenvalue weighted by Gasteiger charge is 2.53. The standard InChI is InChI=1S/C17H21F3N2O4/c1-10-3-4-14(26-2)11(7-10)5-6-21-16(25)22-8-12(15(23)24)13(9-22)17(18,19)20/h3-4,7,12-13H,5-6,8-9H2,1-2H3,(H,21,25)(H,23,24)/t12-,13-/m1/s1. The molecule has 2 rings (SSSR count). The van der Waals surface area contributed by atoms with E-state index in [1.54, 1.807) is 6.07 Å². The van der Waals surface area contributed by atoms with Crippen LogP contribution in [0.2, 0.25) is 0 Å². The van der Waals surface area contributed by atoms with Crippen LogP contribution >= 0.6 is 0 Å². The number of carboxylic acids is 1. The van der Waals surface area contributed by atoms with Gasteiger partial charge in [-0.2, -0.15) is 13.2 Å². The van der Waals surface area contributed by atoms with Crippen molar-refractivity contribution in [3.63, 3.8) is 0 Å². The highest BCUT2D eigenvalue weighted by molar-refractivity contribution is 5.77. The molecule has 1 saturated heterocycles. The first-order valence-corrected chi connectivity index (χ1v) is 8.09. The Morgan fingerprint density at radius 2 is 2.04 bits per heavy atom. The van der Waals surface area contributed by atoms with Gasteiger partial charge in [-0.3, -0.25) is 4.79 Å². The number of carbonyl (C=O) groups excluding carboxylic acids is 1. The fourth-order valence-electron chi connectivity index (χ4n) is 3.07. The van der Waals surface area contributed by atoms with E-state index in [1.165, 1.54) is 7.11 Å². The van der Waals surface area contributed by atoms with Crippen molar-refractivity contribution in [2.75, 3.05) is 26.7 Å². The zero-order valence-corrected chi connectivity index (χ0v) is 14.5. The average molecular weight is 374 g/mol. The third kappa shape index (κ3) is 4.59. The van der Waals surface area contributed by atoms with Crippen molar-refractivity contribution >= 4 is 12.0 Å². The lowest BCUT2D eigenvalue weighted by Gasteiger charge is -2.19. The molecule has 0 spiro atoms. The van der Waals surface area contributed by atoms with Crippen molar-refractivity contribution in [3.8, 4) is 5.75 Å². The number of ether oxygens (including phenoxy) is 1. The second-order valence-electron chi connectivity index (χ2n) is 6.30. The Morgan fingerprint density at radius 1 is 1.35 bits per heavy atom. The van der Waals surface area contributed by atoms with Gasteiger partial charge in [-0.05, 0) is 25.0 Å². The Hall–Kier alpha value is -2.45. The highest BCUT2D eigenvalue weighted by Crippen LogP contribution is 2.37. The number of methoxy groups -OCH3 is 1. The molecule has 2 atom stereocenters. The maximum absolute atomic E-state index is 13.0. The number of hydrogen-bond donors (Lipinski definition) is 2. The highest BCUT2D eigenvalue weighted by atomic mass is 19.4. The number of carbonyl (C=O) groups is 2. The lowest BCUT2D eigenvalue weighted by Crippen LogP contribution is -2.40. The fraction of sp³-hybridized carbons (Fsp3) is 0.529. The van der Waals surface area contributed by atoms with Crippen LogP contribution in [-0.2, 0) is 11.2 Å². The minimum absolute atomic E-state index is 0.198. The number of nitrogens with zero attached hydrogens (tertiary/aromatic N) is 1. The van der Waals surface area contributed by atoms with Gasteiger partial charge >= 0.3 is 18.2 Å². The number of rotatable bonds is 5. The first-order chi connectivity index (χ1) is 12.1. The van der Waals surface area contributed by atoms with Crippen LogP contribution in [0.1, 0.15) is 11.1 Å². The molecule has 1 aromatic rings. The van der Waals surface area contributed by atoms with E-state index in [1.807, 2.05) is 19.1 Å². The molecule has 1 heterocycles. The average Bonchev–Trinajstić information content (AvgIpc) is 3.01. The summed E-state index contributed by atoms with van der Waals surface area (Å²) in [6.45, 7) is 0.998. The molecule has 1 aliphatic heterocycles. The van der Waals surface area contributed by atoms with Gasteiger partial charge in [-0.25, -0.2) is 4.79 Å². The minimum Gasteiger partial charge on any atom is -0.496 e. The largest absolute Gasteiger partial charge is 0.496 e. The van der Waals surface area contributed by atoms with Crippen LogP contribution in [0.25, 0.3) is 0 Å². The number of nitrogens with one attached hydrogen (secondary N) is 1. The summed E-state index contributed by atoms with van der Waals surface area (Å²) in [5.74, 6) is -4.58. The minimum atomic E-state index is -4.66. The molecular weight excluding hydrogens is 353 g/mol. The number of carboxylic acid groups (broad SMARTS) is 1. The second kappa shape index (κ2) is 7.84. The summed E-state index contributed by atoms with van der Waals surface area (Å²) >= 11 is 0. The number of benzene rings is 1. The molecule has 0 bridgehead atoms. The quantitative estimate of drug-likeness (QED) is 0.830. The van der Waals surface area contributed by atoms with E-state index in [4.69, 9.17) is 9.84 Å². The number of aliphatic carboxylic acids is 1. The molecule has 2 N–H and O–H groups in total. The second-order valence-corrected chi connectivity index (χ2v) is 6.30. The summed E-state index contributed by atoms with van der Waals surface area (Å²) < 4.78 is 44.1. The molecule has 26 heavy (non-hydrogen) atoms. The molecule has 0 radical (unpaired) electrons. The van der Waals surface area contributed by atoms with Crippen molar-refractivity contribution in [1.29, 1.82) is 0 Å². The van der Waals surface area contributed by atoms with E-state index in [2.05, 4.69) is 5.32 Å². The van der Waals surface area contributed by atoms with Crippen molar-refractivity contribution in [2.24, 2.45) is 11.8 Å². The van der Waals surface area contributed by atoms with Crippen LogP contribution < -0.4 is 10.1 Å². The van der Waals surface area contributed by atoms with E-state index in [-0.39, 0.29) is 6.54 Å². The van der Waals surface area contributed by atoms with Gasteiger partial charge in [0.1, 0.15) is 5.75 Å². The van der Waals surface area contributed by atoms with Crippen LogP contribution in [0.15, 0.2) is 18.2 Å². The molecule has 1 aromatic carbocycles. The van der Waals surface area contributed by atoms with E-state index >= 15 is 0 Å². The predicted molar refractivity (Wildman–Crippen MR) is 87.1 cm³/mol. The van der Waals surface area contributed by atoms with Crippen molar-refractivity contribution in [1.82, 2.24) is 10.2 Å². The van der Waals surface area contributed by atoms with E-state index < -0.39 is 43.1 Å². The lowest BCUT2D eigenvalue weighted by molar-refractivity contribution is -0.187. The lowest BCUT2D eigenvalue weighted by atomic mass is 9.96. The molecule has 2 amide bonds. The molecule has 0 aromatic heterocycles.